The fourth-order valence-electron chi connectivity index (χ4n) is 1.32. The van der Waals surface area contributed by atoms with E-state index in [1.54, 1.807) is 24.3 Å². The number of nitrogens with zero attached hydrogens (tertiary/aromatic N) is 1. The van der Waals surface area contributed by atoms with Crippen LogP contribution >= 0.6 is 0 Å². The van der Waals surface area contributed by atoms with E-state index >= 15 is 0 Å². The number of ether oxygens (including phenoxy) is 1. The molecule has 8 nitrogen and oxygen atoms in total. The van der Waals surface area contributed by atoms with Gasteiger partial charge in [0.2, 0.25) is 0 Å². The molecule has 0 aromatic heterocycles. The van der Waals surface area contributed by atoms with E-state index in [-0.39, 0.29) is 6.54 Å². The zero-order chi connectivity index (χ0) is 14.5. The Morgan fingerprint density at radius 1 is 1.53 bits per heavy atom. The van der Waals surface area contributed by atoms with Crippen molar-refractivity contribution in [3.63, 3.8) is 0 Å². The second-order valence-corrected chi connectivity index (χ2v) is 5.11. The average Bonchev–Trinajstić information content (AvgIpc) is 2.33. The van der Waals surface area contributed by atoms with Crippen LogP contribution in [0.3, 0.4) is 0 Å². The van der Waals surface area contributed by atoms with Gasteiger partial charge in [0.05, 0.1) is 13.7 Å². The highest BCUT2D eigenvalue weighted by atomic mass is 32.2. The molecule has 0 atom stereocenters. The fourth-order valence-corrected chi connectivity index (χ4v) is 1.64. The third-order valence-corrected chi connectivity index (χ3v) is 2.67. The van der Waals surface area contributed by atoms with Crippen LogP contribution in [0.5, 0.6) is 5.75 Å². The lowest BCUT2D eigenvalue weighted by Gasteiger charge is -2.20. The molecule has 1 rings (SSSR count). The van der Waals surface area contributed by atoms with Crippen molar-refractivity contribution in [1.29, 1.82) is 0 Å². The Hall–Kier alpha value is -1.84. The van der Waals surface area contributed by atoms with Gasteiger partial charge in [-0.3, -0.25) is 9.56 Å². The predicted molar refractivity (Wildman–Crippen MR) is 67.7 cm³/mol. The van der Waals surface area contributed by atoms with Crippen LogP contribution < -0.4 is 15.9 Å². The van der Waals surface area contributed by atoms with Gasteiger partial charge in [0.25, 0.3) is 10.1 Å². The number of carbonyl (C=O) groups is 1. The number of hydrogen-bond acceptors (Lipinski definition) is 5. The first-order valence-corrected chi connectivity index (χ1v) is 6.81. The number of primary amides is 1. The highest BCUT2D eigenvalue weighted by Gasteiger charge is 2.13. The normalized spacial score (nSPS) is 11.1. The molecule has 0 aliphatic rings. The molecular weight excluding hydrogens is 274 g/mol. The number of urea groups is 1. The Kier molecular flexibility index (Phi) is 5.10. The van der Waals surface area contributed by atoms with Crippen molar-refractivity contribution in [3.05, 3.63) is 29.8 Å². The van der Waals surface area contributed by atoms with E-state index in [0.717, 1.165) is 5.01 Å². The molecule has 0 radical (unpaired) electrons. The number of benzene rings is 1. The smallest absolute Gasteiger partial charge is 0.329 e. The molecule has 0 aliphatic carbocycles. The highest BCUT2D eigenvalue weighted by Crippen LogP contribution is 2.13. The second-order valence-electron chi connectivity index (χ2n) is 3.66. The molecule has 0 bridgehead atoms. The number of nitrogens with two attached hydrogens (primary N) is 1. The van der Waals surface area contributed by atoms with Crippen LogP contribution in [0.25, 0.3) is 0 Å². The Morgan fingerprint density at radius 2 is 2.21 bits per heavy atom. The van der Waals surface area contributed by atoms with Crippen LogP contribution in [0, 0.1) is 0 Å². The molecule has 0 spiro atoms. The molecule has 0 aliphatic heterocycles. The van der Waals surface area contributed by atoms with Gasteiger partial charge < -0.3 is 10.5 Å². The van der Waals surface area contributed by atoms with Gasteiger partial charge in [-0.15, -0.1) is 0 Å². The van der Waals surface area contributed by atoms with E-state index in [9.17, 15) is 13.2 Å². The fraction of sp³-hybridized carbons (Fsp3) is 0.300. The van der Waals surface area contributed by atoms with Gasteiger partial charge >= 0.3 is 6.03 Å². The number of carbonyl (C=O) groups excluding carboxylic acids is 1. The van der Waals surface area contributed by atoms with Crippen LogP contribution in [0.1, 0.15) is 5.56 Å². The minimum Gasteiger partial charge on any atom is -0.497 e. The number of methoxy groups -OCH3 is 1. The second kappa shape index (κ2) is 6.36. The molecule has 0 saturated carbocycles. The van der Waals surface area contributed by atoms with Crippen LogP contribution in [0.4, 0.5) is 4.79 Å². The summed E-state index contributed by atoms with van der Waals surface area (Å²) in [7, 11) is -2.74. The van der Waals surface area contributed by atoms with Gasteiger partial charge in [0.1, 0.15) is 11.6 Å². The van der Waals surface area contributed by atoms with Gasteiger partial charge in [-0.1, -0.05) is 12.1 Å². The number of amides is 2. The summed E-state index contributed by atoms with van der Waals surface area (Å²) in [5, 5.41) is 0.878. The Labute approximate surface area is 110 Å². The molecule has 0 unspecified atom stereocenters. The summed E-state index contributed by atoms with van der Waals surface area (Å²) < 4.78 is 34.8. The van der Waals surface area contributed by atoms with Crippen LogP contribution in [0.15, 0.2) is 24.3 Å². The maximum absolute atomic E-state index is 11.2. The minimum atomic E-state index is -4.24. The van der Waals surface area contributed by atoms with E-state index in [2.05, 4.69) is 5.43 Å². The van der Waals surface area contributed by atoms with E-state index in [1.807, 2.05) is 0 Å². The molecule has 4 N–H and O–H groups in total. The number of hydrazine groups is 1. The SMILES string of the molecule is COc1cccc(CN(NCS(=O)(=O)O)C(N)=O)c1. The Bertz CT molecular complexity index is 546. The molecule has 106 valence electrons. The molecule has 0 heterocycles. The quantitative estimate of drug-likeness (QED) is 0.497. The van der Waals surface area contributed by atoms with E-state index in [0.29, 0.717) is 11.3 Å². The van der Waals surface area contributed by atoms with Crippen molar-refractivity contribution in [1.82, 2.24) is 10.4 Å². The van der Waals surface area contributed by atoms with Crippen molar-refractivity contribution in [3.8, 4) is 5.75 Å². The highest BCUT2D eigenvalue weighted by molar-refractivity contribution is 7.85. The van der Waals surface area contributed by atoms with Crippen molar-refractivity contribution >= 4 is 16.1 Å². The molecule has 19 heavy (non-hydrogen) atoms. The van der Waals surface area contributed by atoms with Crippen LogP contribution in [-0.4, -0.2) is 37.0 Å². The summed E-state index contributed by atoms with van der Waals surface area (Å²) >= 11 is 0. The van der Waals surface area contributed by atoms with E-state index < -0.39 is 22.0 Å². The monoisotopic (exact) mass is 289 g/mol. The molecule has 0 fully saturated rings. The van der Waals surface area contributed by atoms with E-state index in [1.165, 1.54) is 7.11 Å². The average molecular weight is 289 g/mol. The summed E-state index contributed by atoms with van der Waals surface area (Å²) in [4.78, 5) is 11.2. The molecular formula is C10H15N3O5S. The largest absolute Gasteiger partial charge is 0.497 e. The lowest BCUT2D eigenvalue weighted by atomic mass is 10.2. The first-order chi connectivity index (χ1) is 8.81. The van der Waals surface area contributed by atoms with Crippen molar-refractivity contribution < 1.29 is 22.5 Å². The number of nitrogens with one attached hydrogen (secondary N) is 1. The van der Waals surface area contributed by atoms with Crippen LogP contribution in [0.2, 0.25) is 0 Å². The summed E-state index contributed by atoms with van der Waals surface area (Å²) in [6.45, 7) is 0.0298. The van der Waals surface area contributed by atoms with Gasteiger partial charge in [-0.25, -0.2) is 10.2 Å². The lowest BCUT2D eigenvalue weighted by Crippen LogP contribution is -2.47. The van der Waals surface area contributed by atoms with Crippen molar-refractivity contribution in [2.45, 2.75) is 6.54 Å². The first-order valence-electron chi connectivity index (χ1n) is 5.20. The maximum Gasteiger partial charge on any atom is 0.329 e. The molecule has 9 heteroatoms. The predicted octanol–water partition coefficient (Wildman–Crippen LogP) is -0.0742. The Morgan fingerprint density at radius 3 is 2.74 bits per heavy atom. The number of hydrogen-bond donors (Lipinski definition) is 3. The zero-order valence-corrected chi connectivity index (χ0v) is 11.1. The summed E-state index contributed by atoms with van der Waals surface area (Å²) in [6.07, 6.45) is 0. The van der Waals surface area contributed by atoms with Gasteiger partial charge in [-0.05, 0) is 17.7 Å². The summed E-state index contributed by atoms with van der Waals surface area (Å²) in [6, 6.07) is 5.96. The zero-order valence-electron chi connectivity index (χ0n) is 10.2. The molecule has 2 amide bonds. The standard InChI is InChI=1S/C10H15N3O5S/c1-18-9-4-2-3-8(5-9)6-13(10(11)14)12-7-19(15,16)17/h2-5,12H,6-7H2,1H3,(H2,11,14)(H,15,16,17). The third-order valence-electron chi connectivity index (χ3n) is 2.18. The summed E-state index contributed by atoms with van der Waals surface area (Å²) in [5.41, 5.74) is 8.01. The van der Waals surface area contributed by atoms with Crippen molar-refractivity contribution in [2.75, 3.05) is 13.0 Å². The topological polar surface area (TPSA) is 122 Å². The summed E-state index contributed by atoms with van der Waals surface area (Å²) in [5.74, 6) is -0.211. The lowest BCUT2D eigenvalue weighted by molar-refractivity contribution is 0.180. The van der Waals surface area contributed by atoms with Gasteiger partial charge in [0, 0.05) is 0 Å². The first kappa shape index (κ1) is 15.2. The van der Waals surface area contributed by atoms with Crippen molar-refractivity contribution in [2.24, 2.45) is 5.73 Å². The minimum absolute atomic E-state index is 0.0298. The third kappa shape index (κ3) is 5.55. The Balaban J connectivity index is 2.75. The van der Waals surface area contributed by atoms with Crippen LogP contribution in [-0.2, 0) is 16.7 Å². The number of rotatable bonds is 6. The molecule has 1 aromatic rings. The molecule has 0 saturated heterocycles. The molecule has 1 aromatic carbocycles. The van der Waals surface area contributed by atoms with Gasteiger partial charge in [-0.2, -0.15) is 8.42 Å². The maximum atomic E-state index is 11.2. The van der Waals surface area contributed by atoms with Gasteiger partial charge in [0.15, 0.2) is 0 Å². The van der Waals surface area contributed by atoms with E-state index in [4.69, 9.17) is 15.0 Å².